The minimum Gasteiger partial charge on any atom is -0.324 e. The van der Waals surface area contributed by atoms with E-state index in [0.29, 0.717) is 22.6 Å². The zero-order valence-electron chi connectivity index (χ0n) is 16.1. The maximum Gasteiger partial charge on any atom is 0.278 e. The Morgan fingerprint density at radius 1 is 1.13 bits per heavy atom. The first-order chi connectivity index (χ1) is 14.4. The first-order valence-corrected chi connectivity index (χ1v) is 9.46. The molecule has 0 radical (unpaired) electrons. The van der Waals surface area contributed by atoms with Crippen LogP contribution >= 0.6 is 11.6 Å². The SMILES string of the molecule is Cc1ncc(NC(=O)CCl)cc1NC(=O)c1nnn2cc(-c3cnn(C)c3)ccc12. The Hall–Kier alpha value is -3.79. The third-order valence-electron chi connectivity index (χ3n) is 4.41. The van der Waals surface area contributed by atoms with Crippen molar-refractivity contribution in [1.82, 2.24) is 29.6 Å². The third-order valence-corrected chi connectivity index (χ3v) is 4.65. The highest BCUT2D eigenvalue weighted by Crippen LogP contribution is 2.22. The van der Waals surface area contributed by atoms with Crippen molar-refractivity contribution in [3.8, 4) is 11.1 Å². The number of alkyl halides is 1. The molecule has 0 unspecified atom stereocenters. The second kappa shape index (κ2) is 7.91. The maximum atomic E-state index is 12.8. The Balaban J connectivity index is 1.59. The molecule has 2 N–H and O–H groups in total. The lowest BCUT2D eigenvalue weighted by molar-refractivity contribution is -0.113. The van der Waals surface area contributed by atoms with Crippen LogP contribution in [0, 0.1) is 6.92 Å². The van der Waals surface area contributed by atoms with E-state index in [1.807, 2.05) is 19.3 Å². The number of aromatic nitrogens is 6. The molecule has 0 saturated heterocycles. The standard InChI is InChI=1S/C19H17ClN8O2/c1-11-15(5-14(8-21-11)23-17(29)6-20)24-19(30)18-16-4-3-12(10-28(16)26-25-18)13-7-22-27(2)9-13/h3-5,7-10H,6H2,1-2H3,(H,23,29)(H,24,30). The number of halogens is 1. The van der Waals surface area contributed by atoms with Crippen LogP contribution in [0.5, 0.6) is 0 Å². The second-order valence-corrected chi connectivity index (χ2v) is 6.85. The molecule has 0 atom stereocenters. The summed E-state index contributed by atoms with van der Waals surface area (Å²) in [5.41, 5.74) is 4.01. The van der Waals surface area contributed by atoms with Gasteiger partial charge in [-0.3, -0.25) is 19.3 Å². The van der Waals surface area contributed by atoms with Crippen LogP contribution < -0.4 is 10.6 Å². The maximum absolute atomic E-state index is 12.8. The van der Waals surface area contributed by atoms with Crippen LogP contribution in [-0.2, 0) is 11.8 Å². The Labute approximate surface area is 175 Å². The lowest BCUT2D eigenvalue weighted by Gasteiger charge is -2.09. The topological polar surface area (TPSA) is 119 Å². The first-order valence-electron chi connectivity index (χ1n) is 8.92. The van der Waals surface area contributed by atoms with Gasteiger partial charge < -0.3 is 10.6 Å². The number of fused-ring (bicyclic) bond motifs is 1. The number of nitrogens with zero attached hydrogens (tertiary/aromatic N) is 6. The number of anilines is 2. The lowest BCUT2D eigenvalue weighted by atomic mass is 10.1. The summed E-state index contributed by atoms with van der Waals surface area (Å²) in [5, 5.41) is 17.6. The number of nitrogens with one attached hydrogen (secondary N) is 2. The molecule has 4 rings (SSSR count). The van der Waals surface area contributed by atoms with E-state index in [9.17, 15) is 9.59 Å². The number of carbonyl (C=O) groups excluding carboxylic acids is 2. The van der Waals surface area contributed by atoms with Crippen molar-refractivity contribution < 1.29 is 9.59 Å². The third kappa shape index (κ3) is 3.85. The zero-order valence-corrected chi connectivity index (χ0v) is 16.9. The molecular weight excluding hydrogens is 408 g/mol. The Morgan fingerprint density at radius 2 is 1.97 bits per heavy atom. The van der Waals surface area contributed by atoms with Gasteiger partial charge in [-0.1, -0.05) is 11.3 Å². The van der Waals surface area contributed by atoms with Crippen molar-refractivity contribution in [2.75, 3.05) is 16.5 Å². The van der Waals surface area contributed by atoms with Gasteiger partial charge in [-0.15, -0.1) is 16.7 Å². The fourth-order valence-corrected chi connectivity index (χ4v) is 2.97. The van der Waals surface area contributed by atoms with Crippen LogP contribution in [0.1, 0.15) is 16.2 Å². The molecule has 0 saturated carbocycles. The fraction of sp³-hybridized carbons (Fsp3) is 0.158. The molecule has 4 aromatic rings. The van der Waals surface area contributed by atoms with Crippen LogP contribution in [0.3, 0.4) is 0 Å². The number of hydrogen-bond acceptors (Lipinski definition) is 6. The molecule has 0 aliphatic carbocycles. The zero-order chi connectivity index (χ0) is 21.3. The van der Waals surface area contributed by atoms with Gasteiger partial charge in [0.1, 0.15) is 5.88 Å². The highest BCUT2D eigenvalue weighted by atomic mass is 35.5. The van der Waals surface area contributed by atoms with Crippen LogP contribution in [0.4, 0.5) is 11.4 Å². The molecule has 0 bridgehead atoms. The fourth-order valence-electron chi connectivity index (χ4n) is 2.90. The van der Waals surface area contributed by atoms with Crippen molar-refractivity contribution >= 4 is 40.3 Å². The smallest absolute Gasteiger partial charge is 0.278 e. The van der Waals surface area contributed by atoms with Gasteiger partial charge in [0.25, 0.3) is 5.91 Å². The summed E-state index contributed by atoms with van der Waals surface area (Å²) in [6.45, 7) is 1.74. The summed E-state index contributed by atoms with van der Waals surface area (Å²) in [7, 11) is 1.84. The molecule has 0 aliphatic heterocycles. The number of rotatable bonds is 5. The quantitative estimate of drug-likeness (QED) is 0.474. The first kappa shape index (κ1) is 19.5. The number of carbonyl (C=O) groups is 2. The summed E-state index contributed by atoms with van der Waals surface area (Å²) in [5.74, 6) is -0.985. The van der Waals surface area contributed by atoms with Crippen LogP contribution in [0.25, 0.3) is 16.6 Å². The molecule has 4 heterocycles. The van der Waals surface area contributed by atoms with Crippen LogP contribution in [0.15, 0.2) is 43.0 Å². The summed E-state index contributed by atoms with van der Waals surface area (Å²) in [4.78, 5) is 28.5. The molecule has 11 heteroatoms. The average molecular weight is 425 g/mol. The van der Waals surface area contributed by atoms with Gasteiger partial charge in [0.15, 0.2) is 5.69 Å². The molecule has 4 aromatic heterocycles. The second-order valence-electron chi connectivity index (χ2n) is 6.58. The van der Waals surface area contributed by atoms with Crippen molar-refractivity contribution in [2.24, 2.45) is 7.05 Å². The molecule has 152 valence electrons. The van der Waals surface area contributed by atoms with E-state index in [1.54, 1.807) is 40.6 Å². The molecule has 0 aromatic carbocycles. The van der Waals surface area contributed by atoms with E-state index in [0.717, 1.165) is 11.1 Å². The monoisotopic (exact) mass is 424 g/mol. The van der Waals surface area contributed by atoms with Gasteiger partial charge in [-0.05, 0) is 19.1 Å². The summed E-state index contributed by atoms with van der Waals surface area (Å²) >= 11 is 5.51. The molecule has 2 amide bonds. The van der Waals surface area contributed by atoms with Crippen LogP contribution in [-0.4, -0.2) is 47.3 Å². The summed E-state index contributed by atoms with van der Waals surface area (Å²) in [6.07, 6.45) is 6.91. The normalized spacial score (nSPS) is 10.9. The van der Waals surface area contributed by atoms with Gasteiger partial charge in [0.2, 0.25) is 5.91 Å². The van der Waals surface area contributed by atoms with E-state index in [2.05, 4.69) is 31.0 Å². The lowest BCUT2D eigenvalue weighted by Crippen LogP contribution is -2.16. The number of hydrogen-bond donors (Lipinski definition) is 2. The largest absolute Gasteiger partial charge is 0.324 e. The van der Waals surface area contributed by atoms with Gasteiger partial charge in [-0.25, -0.2) is 4.52 Å². The van der Waals surface area contributed by atoms with Crippen molar-refractivity contribution in [3.63, 3.8) is 0 Å². The molecular formula is C19H17ClN8O2. The van der Waals surface area contributed by atoms with E-state index >= 15 is 0 Å². The minimum atomic E-state index is -0.440. The number of aryl methyl sites for hydroxylation is 2. The molecule has 0 fully saturated rings. The number of amides is 2. The summed E-state index contributed by atoms with van der Waals surface area (Å²) < 4.78 is 3.25. The average Bonchev–Trinajstić information content (AvgIpc) is 3.36. The Morgan fingerprint density at radius 3 is 2.70 bits per heavy atom. The van der Waals surface area contributed by atoms with Crippen LogP contribution in [0.2, 0.25) is 0 Å². The summed E-state index contributed by atoms with van der Waals surface area (Å²) in [6, 6.07) is 5.26. The molecule has 30 heavy (non-hydrogen) atoms. The minimum absolute atomic E-state index is 0.169. The van der Waals surface area contributed by atoms with E-state index < -0.39 is 5.91 Å². The van der Waals surface area contributed by atoms with Crippen molar-refractivity contribution in [2.45, 2.75) is 6.92 Å². The van der Waals surface area contributed by atoms with E-state index in [1.165, 1.54) is 6.20 Å². The molecule has 10 nitrogen and oxygen atoms in total. The van der Waals surface area contributed by atoms with Crippen molar-refractivity contribution in [1.29, 1.82) is 0 Å². The Bertz CT molecular complexity index is 1260. The van der Waals surface area contributed by atoms with Gasteiger partial charge >= 0.3 is 0 Å². The van der Waals surface area contributed by atoms with Gasteiger partial charge in [-0.2, -0.15) is 5.10 Å². The van der Waals surface area contributed by atoms with E-state index in [-0.39, 0.29) is 17.5 Å². The highest BCUT2D eigenvalue weighted by molar-refractivity contribution is 6.29. The number of pyridine rings is 2. The predicted molar refractivity (Wildman–Crippen MR) is 111 cm³/mol. The predicted octanol–water partition coefficient (Wildman–Crippen LogP) is 2.26. The van der Waals surface area contributed by atoms with Gasteiger partial charge in [0.05, 0.1) is 35.0 Å². The van der Waals surface area contributed by atoms with E-state index in [4.69, 9.17) is 11.6 Å². The van der Waals surface area contributed by atoms with Crippen molar-refractivity contribution in [3.05, 3.63) is 54.4 Å². The highest BCUT2D eigenvalue weighted by Gasteiger charge is 2.17. The Kier molecular flexibility index (Phi) is 5.15. The molecule has 0 aliphatic rings. The molecule has 0 spiro atoms. The van der Waals surface area contributed by atoms with Gasteiger partial charge in [0, 0.05) is 30.6 Å².